The maximum atomic E-state index is 11.8. The summed E-state index contributed by atoms with van der Waals surface area (Å²) in [6.07, 6.45) is 3.80. The zero-order valence-corrected chi connectivity index (χ0v) is 9.42. The molecule has 2 rings (SSSR count). The van der Waals surface area contributed by atoms with Gasteiger partial charge in [0.15, 0.2) is 0 Å². The first-order chi connectivity index (χ1) is 7.00. The Morgan fingerprint density at radius 1 is 1.67 bits per heavy atom. The lowest BCUT2D eigenvalue weighted by Crippen LogP contribution is -2.52. The molecule has 4 heteroatoms. The van der Waals surface area contributed by atoms with Crippen LogP contribution in [0.4, 0.5) is 0 Å². The fraction of sp³-hybridized carbons (Fsp3) is 0.636. The number of H-pyrrole nitrogens is 1. The number of rotatable bonds is 2. The molecule has 0 saturated heterocycles. The highest BCUT2D eigenvalue weighted by Gasteiger charge is 2.39. The first-order valence-corrected chi connectivity index (χ1v) is 5.31. The number of nitrogens with one attached hydrogen (secondary N) is 2. The fourth-order valence-corrected chi connectivity index (χ4v) is 1.95. The number of carbonyl (C=O) groups is 1. The van der Waals surface area contributed by atoms with Gasteiger partial charge in [-0.3, -0.25) is 4.79 Å². The lowest BCUT2D eigenvalue weighted by atomic mass is 9.67. The van der Waals surface area contributed by atoms with Crippen LogP contribution in [0.2, 0.25) is 0 Å². The molecule has 1 aromatic rings. The van der Waals surface area contributed by atoms with E-state index in [1.807, 2.05) is 6.92 Å². The van der Waals surface area contributed by atoms with Crippen molar-refractivity contribution in [2.24, 2.45) is 5.41 Å². The SMILES string of the molecule is Cc1[nH]cnc1C(=O)NC1CCC1(C)C. The number of amides is 1. The molecule has 1 amide bonds. The van der Waals surface area contributed by atoms with Gasteiger partial charge in [-0.25, -0.2) is 4.98 Å². The Morgan fingerprint density at radius 2 is 2.40 bits per heavy atom. The van der Waals surface area contributed by atoms with E-state index in [0.717, 1.165) is 12.1 Å². The highest BCUT2D eigenvalue weighted by molar-refractivity contribution is 5.93. The number of aromatic amines is 1. The van der Waals surface area contributed by atoms with Crippen molar-refractivity contribution < 1.29 is 4.79 Å². The van der Waals surface area contributed by atoms with Crippen LogP contribution in [-0.2, 0) is 0 Å². The first kappa shape index (κ1) is 10.2. The second-order valence-corrected chi connectivity index (χ2v) is 4.93. The summed E-state index contributed by atoms with van der Waals surface area (Å²) in [4.78, 5) is 18.7. The van der Waals surface area contributed by atoms with Gasteiger partial charge in [-0.2, -0.15) is 0 Å². The Labute approximate surface area is 89.5 Å². The summed E-state index contributed by atoms with van der Waals surface area (Å²) in [5.41, 5.74) is 1.57. The third-order valence-corrected chi connectivity index (χ3v) is 3.37. The lowest BCUT2D eigenvalue weighted by molar-refractivity contribution is 0.0727. The summed E-state index contributed by atoms with van der Waals surface area (Å²) in [7, 11) is 0. The van der Waals surface area contributed by atoms with Crippen molar-refractivity contribution >= 4 is 5.91 Å². The molecule has 82 valence electrons. The van der Waals surface area contributed by atoms with Crippen molar-refractivity contribution in [3.63, 3.8) is 0 Å². The number of nitrogens with zero attached hydrogens (tertiary/aromatic N) is 1. The van der Waals surface area contributed by atoms with E-state index >= 15 is 0 Å². The minimum Gasteiger partial charge on any atom is -0.348 e. The molecule has 2 N–H and O–H groups in total. The average Bonchev–Trinajstić information content (AvgIpc) is 2.59. The minimum absolute atomic E-state index is 0.0634. The molecule has 0 bridgehead atoms. The zero-order valence-electron chi connectivity index (χ0n) is 9.42. The summed E-state index contributed by atoms with van der Waals surface area (Å²) in [5.74, 6) is -0.0634. The average molecular weight is 207 g/mol. The second kappa shape index (κ2) is 3.36. The van der Waals surface area contributed by atoms with Crippen LogP contribution in [0.25, 0.3) is 0 Å². The smallest absolute Gasteiger partial charge is 0.271 e. The van der Waals surface area contributed by atoms with Gasteiger partial charge in [0.25, 0.3) is 5.91 Å². The van der Waals surface area contributed by atoms with E-state index in [1.54, 1.807) is 6.33 Å². The van der Waals surface area contributed by atoms with E-state index in [4.69, 9.17) is 0 Å². The molecule has 15 heavy (non-hydrogen) atoms. The second-order valence-electron chi connectivity index (χ2n) is 4.93. The minimum atomic E-state index is -0.0634. The highest BCUT2D eigenvalue weighted by atomic mass is 16.2. The number of aryl methyl sites for hydroxylation is 1. The molecule has 0 radical (unpaired) electrons. The molecule has 1 aromatic heterocycles. The number of hydrogen-bond acceptors (Lipinski definition) is 2. The van der Waals surface area contributed by atoms with Gasteiger partial charge in [0.1, 0.15) is 5.69 Å². The van der Waals surface area contributed by atoms with Crippen molar-refractivity contribution in [1.29, 1.82) is 0 Å². The molecule has 1 aliphatic carbocycles. The van der Waals surface area contributed by atoms with Gasteiger partial charge >= 0.3 is 0 Å². The Hall–Kier alpha value is -1.32. The van der Waals surface area contributed by atoms with Gasteiger partial charge in [-0.1, -0.05) is 13.8 Å². The van der Waals surface area contributed by atoms with Gasteiger partial charge in [0.05, 0.1) is 6.33 Å². The fourth-order valence-electron chi connectivity index (χ4n) is 1.95. The first-order valence-electron chi connectivity index (χ1n) is 5.31. The van der Waals surface area contributed by atoms with Crippen LogP contribution in [0.5, 0.6) is 0 Å². The van der Waals surface area contributed by atoms with Crippen LogP contribution in [0, 0.1) is 12.3 Å². The zero-order chi connectivity index (χ0) is 11.1. The van der Waals surface area contributed by atoms with Crippen molar-refractivity contribution in [3.05, 3.63) is 17.7 Å². The van der Waals surface area contributed by atoms with Crippen molar-refractivity contribution in [2.45, 2.75) is 39.7 Å². The molecule has 1 saturated carbocycles. The molecule has 1 fully saturated rings. The topological polar surface area (TPSA) is 57.8 Å². The monoisotopic (exact) mass is 207 g/mol. The van der Waals surface area contributed by atoms with Gasteiger partial charge in [0.2, 0.25) is 0 Å². The van der Waals surface area contributed by atoms with E-state index < -0.39 is 0 Å². The van der Waals surface area contributed by atoms with Crippen molar-refractivity contribution in [2.75, 3.05) is 0 Å². The molecular weight excluding hydrogens is 190 g/mol. The Bertz CT molecular complexity index is 381. The van der Waals surface area contributed by atoms with Gasteiger partial charge < -0.3 is 10.3 Å². The normalized spacial score (nSPS) is 23.3. The van der Waals surface area contributed by atoms with Crippen LogP contribution >= 0.6 is 0 Å². The largest absolute Gasteiger partial charge is 0.348 e. The Morgan fingerprint density at radius 3 is 2.80 bits per heavy atom. The lowest BCUT2D eigenvalue weighted by Gasteiger charge is -2.44. The van der Waals surface area contributed by atoms with Crippen LogP contribution in [0.1, 0.15) is 42.9 Å². The Balaban J connectivity index is 2.02. The molecule has 0 spiro atoms. The maximum absolute atomic E-state index is 11.8. The molecule has 0 aromatic carbocycles. The molecule has 4 nitrogen and oxygen atoms in total. The van der Waals surface area contributed by atoms with Crippen LogP contribution in [-0.4, -0.2) is 21.9 Å². The molecule has 1 unspecified atom stereocenters. The third kappa shape index (κ3) is 1.76. The molecule has 0 aliphatic heterocycles. The highest BCUT2D eigenvalue weighted by Crippen LogP contribution is 2.39. The summed E-state index contributed by atoms with van der Waals surface area (Å²) in [6, 6.07) is 0.293. The molecular formula is C11H17N3O. The number of aromatic nitrogens is 2. The van der Waals surface area contributed by atoms with E-state index in [-0.39, 0.29) is 11.3 Å². The standard InChI is InChI=1S/C11H17N3O/c1-7-9(13-6-12-7)10(15)14-8-4-5-11(8,2)3/h6,8H,4-5H2,1-3H3,(H,12,13)(H,14,15). The van der Waals surface area contributed by atoms with Gasteiger partial charge in [-0.05, 0) is 25.2 Å². The quantitative estimate of drug-likeness (QED) is 0.774. The number of carbonyl (C=O) groups excluding carboxylic acids is 1. The summed E-state index contributed by atoms with van der Waals surface area (Å²) < 4.78 is 0. The molecule has 1 atom stereocenters. The van der Waals surface area contributed by atoms with Crippen LogP contribution in [0.15, 0.2) is 6.33 Å². The number of imidazole rings is 1. The van der Waals surface area contributed by atoms with Crippen LogP contribution in [0.3, 0.4) is 0 Å². The van der Waals surface area contributed by atoms with Crippen molar-refractivity contribution in [3.8, 4) is 0 Å². The maximum Gasteiger partial charge on any atom is 0.271 e. The van der Waals surface area contributed by atoms with E-state index in [1.165, 1.54) is 6.42 Å². The van der Waals surface area contributed by atoms with E-state index in [9.17, 15) is 4.79 Å². The summed E-state index contributed by atoms with van der Waals surface area (Å²) >= 11 is 0. The number of hydrogen-bond donors (Lipinski definition) is 2. The van der Waals surface area contributed by atoms with Crippen LogP contribution < -0.4 is 5.32 Å². The Kier molecular flexibility index (Phi) is 2.29. The van der Waals surface area contributed by atoms with E-state index in [0.29, 0.717) is 11.7 Å². The summed E-state index contributed by atoms with van der Waals surface area (Å²) in [5, 5.41) is 3.03. The van der Waals surface area contributed by atoms with Gasteiger partial charge in [-0.15, -0.1) is 0 Å². The van der Waals surface area contributed by atoms with Gasteiger partial charge in [0, 0.05) is 11.7 Å². The third-order valence-electron chi connectivity index (χ3n) is 3.37. The van der Waals surface area contributed by atoms with E-state index in [2.05, 4.69) is 29.1 Å². The molecule has 1 aliphatic rings. The predicted molar refractivity (Wildman–Crippen MR) is 57.6 cm³/mol. The summed E-state index contributed by atoms with van der Waals surface area (Å²) in [6.45, 7) is 6.21. The molecule has 1 heterocycles. The van der Waals surface area contributed by atoms with Crippen molar-refractivity contribution in [1.82, 2.24) is 15.3 Å². The predicted octanol–water partition coefficient (Wildman–Crippen LogP) is 1.64.